The first-order valence-electron chi connectivity index (χ1n) is 6.67. The zero-order valence-corrected chi connectivity index (χ0v) is 12.5. The van der Waals surface area contributed by atoms with Crippen molar-refractivity contribution >= 4 is 34.8 Å². The molecule has 0 aliphatic carbocycles. The van der Waals surface area contributed by atoms with E-state index in [1.54, 1.807) is 24.3 Å². The highest BCUT2D eigenvalue weighted by molar-refractivity contribution is 6.34. The van der Waals surface area contributed by atoms with E-state index >= 15 is 0 Å². The first-order valence-corrected chi connectivity index (χ1v) is 7.05. The van der Waals surface area contributed by atoms with Gasteiger partial charge in [-0.15, -0.1) is 0 Å². The van der Waals surface area contributed by atoms with E-state index in [0.717, 1.165) is 5.56 Å². The molecule has 0 saturated heterocycles. The summed E-state index contributed by atoms with van der Waals surface area (Å²) in [6, 6.07) is 10.4. The highest BCUT2D eigenvalue weighted by Crippen LogP contribution is 2.36. The van der Waals surface area contributed by atoms with Gasteiger partial charge in [0.05, 0.1) is 16.4 Å². The van der Waals surface area contributed by atoms with Crippen LogP contribution < -0.4 is 15.4 Å². The van der Waals surface area contributed by atoms with E-state index in [4.69, 9.17) is 16.3 Å². The van der Waals surface area contributed by atoms with Crippen LogP contribution in [0.1, 0.15) is 15.9 Å². The Labute approximate surface area is 132 Å². The number of hydrogen-bond acceptors (Lipinski definition) is 3. The van der Waals surface area contributed by atoms with Gasteiger partial charge in [0.1, 0.15) is 5.75 Å². The lowest BCUT2D eigenvalue weighted by molar-refractivity contribution is -0.118. The van der Waals surface area contributed by atoms with Crippen molar-refractivity contribution in [1.82, 2.24) is 0 Å². The number of rotatable bonds is 2. The van der Waals surface area contributed by atoms with Crippen LogP contribution >= 0.6 is 11.6 Å². The summed E-state index contributed by atoms with van der Waals surface area (Å²) < 4.78 is 5.31. The van der Waals surface area contributed by atoms with Crippen LogP contribution in [0, 0.1) is 6.92 Å². The predicted molar refractivity (Wildman–Crippen MR) is 84.7 cm³/mol. The molecular formula is C16H13ClN2O3. The molecule has 2 aromatic rings. The Bertz CT molecular complexity index is 757. The normalized spacial score (nSPS) is 12.9. The number of amides is 2. The highest BCUT2D eigenvalue weighted by atomic mass is 35.5. The van der Waals surface area contributed by atoms with Crippen molar-refractivity contribution in [3.63, 3.8) is 0 Å². The van der Waals surface area contributed by atoms with E-state index < -0.39 is 0 Å². The molecule has 0 aromatic heterocycles. The molecule has 0 bridgehead atoms. The number of halogens is 1. The van der Waals surface area contributed by atoms with Gasteiger partial charge in [-0.3, -0.25) is 9.59 Å². The first kappa shape index (κ1) is 14.4. The first-order chi connectivity index (χ1) is 10.5. The van der Waals surface area contributed by atoms with E-state index in [9.17, 15) is 9.59 Å². The Morgan fingerprint density at radius 3 is 2.73 bits per heavy atom. The van der Waals surface area contributed by atoms with E-state index in [1.807, 2.05) is 19.1 Å². The fourth-order valence-electron chi connectivity index (χ4n) is 2.10. The zero-order chi connectivity index (χ0) is 15.7. The molecule has 2 aromatic carbocycles. The van der Waals surface area contributed by atoms with Gasteiger partial charge in [-0.1, -0.05) is 29.3 Å². The number of anilines is 2. The van der Waals surface area contributed by atoms with E-state index in [2.05, 4.69) is 10.6 Å². The minimum atomic E-state index is -0.262. The third kappa shape index (κ3) is 2.89. The maximum Gasteiger partial charge on any atom is 0.262 e. The van der Waals surface area contributed by atoms with Crippen molar-refractivity contribution in [2.45, 2.75) is 6.92 Å². The summed E-state index contributed by atoms with van der Waals surface area (Å²) in [4.78, 5) is 23.5. The van der Waals surface area contributed by atoms with E-state index in [-0.39, 0.29) is 18.4 Å². The quantitative estimate of drug-likeness (QED) is 0.894. The molecular weight excluding hydrogens is 304 g/mol. The zero-order valence-electron chi connectivity index (χ0n) is 11.8. The Kier molecular flexibility index (Phi) is 3.73. The molecule has 2 N–H and O–H groups in total. The van der Waals surface area contributed by atoms with Gasteiger partial charge in [0.25, 0.3) is 11.8 Å². The van der Waals surface area contributed by atoms with E-state index in [0.29, 0.717) is 27.7 Å². The molecule has 22 heavy (non-hydrogen) atoms. The number of aryl methyl sites for hydroxylation is 1. The van der Waals surface area contributed by atoms with Crippen molar-refractivity contribution in [3.05, 3.63) is 52.5 Å². The molecule has 6 heteroatoms. The molecule has 3 rings (SSSR count). The van der Waals surface area contributed by atoms with Gasteiger partial charge in [0, 0.05) is 11.6 Å². The van der Waals surface area contributed by atoms with Crippen molar-refractivity contribution < 1.29 is 14.3 Å². The summed E-state index contributed by atoms with van der Waals surface area (Å²) in [6.45, 7) is 1.90. The number of fused-ring (bicyclic) bond motifs is 1. The summed E-state index contributed by atoms with van der Waals surface area (Å²) in [5, 5.41) is 5.73. The molecule has 1 aliphatic rings. The lowest BCUT2D eigenvalue weighted by Crippen LogP contribution is -2.25. The van der Waals surface area contributed by atoms with Gasteiger partial charge < -0.3 is 15.4 Å². The number of hydrogen-bond donors (Lipinski definition) is 2. The Morgan fingerprint density at radius 2 is 2.00 bits per heavy atom. The van der Waals surface area contributed by atoms with Crippen LogP contribution in [0.4, 0.5) is 11.4 Å². The molecule has 0 radical (unpaired) electrons. The maximum atomic E-state index is 12.2. The monoisotopic (exact) mass is 316 g/mol. The number of benzene rings is 2. The van der Waals surface area contributed by atoms with Crippen LogP contribution in [0.3, 0.4) is 0 Å². The highest BCUT2D eigenvalue weighted by Gasteiger charge is 2.19. The van der Waals surface area contributed by atoms with Crippen LogP contribution in [0.5, 0.6) is 5.75 Å². The fourth-order valence-corrected chi connectivity index (χ4v) is 2.31. The minimum Gasteiger partial charge on any atom is -0.482 e. The second kappa shape index (κ2) is 5.69. The summed E-state index contributed by atoms with van der Waals surface area (Å²) in [6.07, 6.45) is 0. The minimum absolute atomic E-state index is 0.0556. The van der Waals surface area contributed by atoms with Gasteiger partial charge in [0.15, 0.2) is 6.61 Å². The van der Waals surface area contributed by atoms with Gasteiger partial charge in [-0.25, -0.2) is 0 Å². The number of ether oxygens (including phenoxy) is 1. The molecule has 5 nitrogen and oxygen atoms in total. The molecule has 0 spiro atoms. The van der Waals surface area contributed by atoms with Gasteiger partial charge in [0.2, 0.25) is 0 Å². The average molecular weight is 317 g/mol. The van der Waals surface area contributed by atoms with Gasteiger partial charge in [-0.05, 0) is 25.1 Å². The van der Waals surface area contributed by atoms with E-state index in [1.165, 1.54) is 0 Å². The second-order valence-electron chi connectivity index (χ2n) is 4.99. The van der Waals surface area contributed by atoms with Crippen molar-refractivity contribution in [3.8, 4) is 5.75 Å². The molecule has 1 heterocycles. The van der Waals surface area contributed by atoms with Gasteiger partial charge >= 0.3 is 0 Å². The Morgan fingerprint density at radius 1 is 1.27 bits per heavy atom. The smallest absolute Gasteiger partial charge is 0.262 e. The molecule has 0 saturated carbocycles. The Hall–Kier alpha value is -2.53. The molecule has 112 valence electrons. The van der Waals surface area contributed by atoms with Gasteiger partial charge in [-0.2, -0.15) is 0 Å². The molecule has 1 aliphatic heterocycles. The largest absolute Gasteiger partial charge is 0.482 e. The number of carbonyl (C=O) groups excluding carboxylic acids is 2. The average Bonchev–Trinajstić information content (AvgIpc) is 2.49. The predicted octanol–water partition coefficient (Wildman–Crippen LogP) is 3.23. The van der Waals surface area contributed by atoms with Crippen LogP contribution in [-0.2, 0) is 4.79 Å². The van der Waals surface area contributed by atoms with Crippen molar-refractivity contribution in [1.29, 1.82) is 0 Å². The summed E-state index contributed by atoms with van der Waals surface area (Å²) in [7, 11) is 0. The number of nitrogens with one attached hydrogen (secondary N) is 2. The SMILES string of the molecule is Cc1ccc(C(=O)Nc2cc3c(cc2Cl)NC(=O)CO3)cc1. The summed E-state index contributed by atoms with van der Waals surface area (Å²) >= 11 is 6.14. The molecule has 2 amide bonds. The molecule has 0 atom stereocenters. The van der Waals surface area contributed by atoms with Crippen LogP contribution in [0.15, 0.2) is 36.4 Å². The lowest BCUT2D eigenvalue weighted by Gasteiger charge is -2.19. The third-order valence-electron chi connectivity index (χ3n) is 3.26. The lowest BCUT2D eigenvalue weighted by atomic mass is 10.1. The topological polar surface area (TPSA) is 67.4 Å². The summed E-state index contributed by atoms with van der Waals surface area (Å²) in [5.41, 5.74) is 2.54. The summed E-state index contributed by atoms with van der Waals surface area (Å²) in [5.74, 6) is -0.0232. The Balaban J connectivity index is 1.85. The van der Waals surface area contributed by atoms with Crippen LogP contribution in [-0.4, -0.2) is 18.4 Å². The standard InChI is InChI=1S/C16H13ClN2O3/c1-9-2-4-10(5-3-9)16(21)19-12-7-14-13(6-11(12)17)18-15(20)8-22-14/h2-7H,8H2,1H3,(H,18,20)(H,19,21). The molecule has 0 fully saturated rings. The fraction of sp³-hybridized carbons (Fsp3) is 0.125. The second-order valence-corrected chi connectivity index (χ2v) is 5.39. The third-order valence-corrected chi connectivity index (χ3v) is 3.58. The van der Waals surface area contributed by atoms with Crippen LogP contribution in [0.25, 0.3) is 0 Å². The maximum absolute atomic E-state index is 12.2. The molecule has 0 unspecified atom stereocenters. The van der Waals surface area contributed by atoms with Crippen LogP contribution in [0.2, 0.25) is 5.02 Å². The number of carbonyl (C=O) groups is 2. The van der Waals surface area contributed by atoms with Crippen molar-refractivity contribution in [2.75, 3.05) is 17.2 Å². The van der Waals surface area contributed by atoms with Crippen molar-refractivity contribution in [2.24, 2.45) is 0 Å².